The molecule has 1 aromatic rings. The van der Waals surface area contributed by atoms with Crippen molar-refractivity contribution in [3.63, 3.8) is 0 Å². The predicted octanol–water partition coefficient (Wildman–Crippen LogP) is 0.490. The van der Waals surface area contributed by atoms with Crippen LogP contribution in [0.25, 0.3) is 0 Å². The molecule has 2 heterocycles. The Hall–Kier alpha value is -1.69. The summed E-state index contributed by atoms with van der Waals surface area (Å²) >= 11 is 0. The number of amides is 1. The SMILES string of the molecule is CC1CN(C(=O)c2cnc(NN)cn2)CC1C. The van der Waals surface area contributed by atoms with Crippen molar-refractivity contribution in [2.24, 2.45) is 17.7 Å². The van der Waals surface area contributed by atoms with Gasteiger partial charge in [0.25, 0.3) is 5.91 Å². The molecule has 1 saturated heterocycles. The zero-order valence-electron chi connectivity index (χ0n) is 10.1. The lowest BCUT2D eigenvalue weighted by Crippen LogP contribution is -2.29. The van der Waals surface area contributed by atoms with Crippen molar-refractivity contribution >= 4 is 11.7 Å². The van der Waals surface area contributed by atoms with Crippen molar-refractivity contribution in [2.45, 2.75) is 13.8 Å². The highest BCUT2D eigenvalue weighted by Gasteiger charge is 2.30. The molecule has 2 rings (SSSR count). The summed E-state index contributed by atoms with van der Waals surface area (Å²) in [7, 11) is 0. The van der Waals surface area contributed by atoms with Crippen LogP contribution in [0.4, 0.5) is 5.82 Å². The number of anilines is 1. The number of hydrazine groups is 1. The summed E-state index contributed by atoms with van der Waals surface area (Å²) in [6, 6.07) is 0. The zero-order valence-corrected chi connectivity index (χ0v) is 10.1. The average Bonchev–Trinajstić information content (AvgIpc) is 2.69. The molecule has 0 spiro atoms. The first-order chi connectivity index (χ1) is 8.11. The highest BCUT2D eigenvalue weighted by Crippen LogP contribution is 2.23. The number of nitrogens with one attached hydrogen (secondary N) is 1. The van der Waals surface area contributed by atoms with E-state index in [1.54, 1.807) is 0 Å². The van der Waals surface area contributed by atoms with Crippen LogP contribution in [0, 0.1) is 11.8 Å². The van der Waals surface area contributed by atoms with Gasteiger partial charge in [0, 0.05) is 13.1 Å². The molecule has 0 aromatic carbocycles. The maximum atomic E-state index is 12.1. The van der Waals surface area contributed by atoms with Gasteiger partial charge in [0.05, 0.1) is 12.4 Å². The van der Waals surface area contributed by atoms with Gasteiger partial charge in [-0.15, -0.1) is 0 Å². The Morgan fingerprint density at radius 2 is 2.00 bits per heavy atom. The summed E-state index contributed by atoms with van der Waals surface area (Å²) in [5.74, 6) is 6.65. The second-order valence-electron chi connectivity index (χ2n) is 4.60. The number of carbonyl (C=O) groups is 1. The topological polar surface area (TPSA) is 84.1 Å². The molecule has 1 aliphatic rings. The summed E-state index contributed by atoms with van der Waals surface area (Å²) in [4.78, 5) is 22.0. The van der Waals surface area contributed by atoms with Crippen molar-refractivity contribution in [3.8, 4) is 0 Å². The van der Waals surface area contributed by atoms with Crippen molar-refractivity contribution in [1.29, 1.82) is 0 Å². The molecule has 0 aliphatic carbocycles. The quantitative estimate of drug-likeness (QED) is 0.575. The van der Waals surface area contributed by atoms with Crippen LogP contribution in [0.3, 0.4) is 0 Å². The minimum absolute atomic E-state index is 0.0581. The van der Waals surface area contributed by atoms with Gasteiger partial charge in [0.2, 0.25) is 0 Å². The van der Waals surface area contributed by atoms with Crippen LogP contribution in [0.1, 0.15) is 24.3 Å². The Labute approximate surface area is 100 Å². The normalized spacial score (nSPS) is 23.8. The lowest BCUT2D eigenvalue weighted by molar-refractivity contribution is 0.0779. The van der Waals surface area contributed by atoms with Crippen LogP contribution < -0.4 is 11.3 Å². The maximum absolute atomic E-state index is 12.1. The molecule has 92 valence electrons. The minimum atomic E-state index is -0.0581. The average molecular weight is 235 g/mol. The summed E-state index contributed by atoms with van der Waals surface area (Å²) in [5, 5.41) is 0. The smallest absolute Gasteiger partial charge is 0.274 e. The van der Waals surface area contributed by atoms with Crippen LogP contribution >= 0.6 is 0 Å². The Kier molecular flexibility index (Phi) is 3.23. The first kappa shape index (κ1) is 11.8. The van der Waals surface area contributed by atoms with E-state index < -0.39 is 0 Å². The third-order valence-corrected chi connectivity index (χ3v) is 3.29. The standard InChI is InChI=1S/C11H17N5O/c1-7-5-16(6-8(7)2)11(17)9-3-14-10(15-12)4-13-9/h3-4,7-8H,5-6,12H2,1-2H3,(H,14,15). The van der Waals surface area contributed by atoms with Crippen LogP contribution in [0.5, 0.6) is 0 Å². The first-order valence-corrected chi connectivity index (χ1v) is 5.69. The highest BCUT2D eigenvalue weighted by molar-refractivity contribution is 5.92. The van der Waals surface area contributed by atoms with Crippen molar-refractivity contribution < 1.29 is 4.79 Å². The van der Waals surface area contributed by atoms with Crippen LogP contribution in [0.15, 0.2) is 12.4 Å². The molecular weight excluding hydrogens is 218 g/mol. The fourth-order valence-electron chi connectivity index (χ4n) is 1.97. The summed E-state index contributed by atoms with van der Waals surface area (Å²) in [5.41, 5.74) is 2.74. The van der Waals surface area contributed by atoms with Gasteiger partial charge in [-0.3, -0.25) is 4.79 Å². The third-order valence-electron chi connectivity index (χ3n) is 3.29. The van der Waals surface area contributed by atoms with Gasteiger partial charge in [-0.1, -0.05) is 13.8 Å². The van der Waals surface area contributed by atoms with Crippen LogP contribution in [-0.2, 0) is 0 Å². The molecule has 1 amide bonds. The molecule has 0 saturated carbocycles. The third kappa shape index (κ3) is 2.36. The van der Waals surface area contributed by atoms with Crippen LogP contribution in [0.2, 0.25) is 0 Å². The molecule has 1 aromatic heterocycles. The minimum Gasteiger partial charge on any atom is -0.337 e. The molecule has 3 N–H and O–H groups in total. The van der Waals surface area contributed by atoms with Gasteiger partial charge < -0.3 is 10.3 Å². The Morgan fingerprint density at radius 1 is 1.35 bits per heavy atom. The van der Waals surface area contributed by atoms with Crippen molar-refractivity contribution in [3.05, 3.63) is 18.1 Å². The number of rotatable bonds is 2. The zero-order chi connectivity index (χ0) is 12.4. The number of hydrogen-bond acceptors (Lipinski definition) is 5. The van der Waals surface area contributed by atoms with E-state index >= 15 is 0 Å². The van der Waals surface area contributed by atoms with E-state index in [2.05, 4.69) is 29.2 Å². The number of nitrogens with zero attached hydrogens (tertiary/aromatic N) is 3. The van der Waals surface area contributed by atoms with Gasteiger partial charge in [0.1, 0.15) is 5.69 Å². The number of carbonyl (C=O) groups excluding carboxylic acids is 1. The Morgan fingerprint density at radius 3 is 2.47 bits per heavy atom. The molecule has 6 nitrogen and oxygen atoms in total. The molecule has 1 aliphatic heterocycles. The monoisotopic (exact) mass is 235 g/mol. The fraction of sp³-hybridized carbons (Fsp3) is 0.545. The van der Waals surface area contributed by atoms with E-state index in [0.29, 0.717) is 23.3 Å². The van der Waals surface area contributed by atoms with Gasteiger partial charge >= 0.3 is 0 Å². The van der Waals surface area contributed by atoms with E-state index in [9.17, 15) is 4.79 Å². The number of nitrogen functional groups attached to an aromatic ring is 1. The molecule has 0 bridgehead atoms. The van der Waals surface area contributed by atoms with Crippen LogP contribution in [-0.4, -0.2) is 33.9 Å². The van der Waals surface area contributed by atoms with Gasteiger partial charge in [-0.05, 0) is 11.8 Å². The summed E-state index contributed by atoms with van der Waals surface area (Å²) < 4.78 is 0. The summed E-state index contributed by atoms with van der Waals surface area (Å²) in [6.45, 7) is 5.90. The lowest BCUT2D eigenvalue weighted by Gasteiger charge is -2.15. The number of nitrogens with two attached hydrogens (primary N) is 1. The number of aromatic nitrogens is 2. The maximum Gasteiger partial charge on any atom is 0.274 e. The Bertz CT molecular complexity index is 395. The second kappa shape index (κ2) is 4.67. The van der Waals surface area contributed by atoms with Gasteiger partial charge in [-0.25, -0.2) is 15.8 Å². The van der Waals surface area contributed by atoms with E-state index in [1.807, 2.05) is 4.90 Å². The molecule has 6 heteroatoms. The van der Waals surface area contributed by atoms with E-state index in [-0.39, 0.29) is 5.91 Å². The van der Waals surface area contributed by atoms with Gasteiger partial charge in [0.15, 0.2) is 5.82 Å². The van der Waals surface area contributed by atoms with Crippen molar-refractivity contribution in [1.82, 2.24) is 14.9 Å². The molecule has 0 radical (unpaired) electrons. The number of hydrogen-bond donors (Lipinski definition) is 2. The first-order valence-electron chi connectivity index (χ1n) is 5.69. The largest absolute Gasteiger partial charge is 0.337 e. The molecule has 2 atom stereocenters. The summed E-state index contributed by atoms with van der Waals surface area (Å²) in [6.07, 6.45) is 2.90. The van der Waals surface area contributed by atoms with Gasteiger partial charge in [-0.2, -0.15) is 0 Å². The fourth-order valence-corrected chi connectivity index (χ4v) is 1.97. The second-order valence-corrected chi connectivity index (χ2v) is 4.60. The molecule has 1 fully saturated rings. The van der Waals surface area contributed by atoms with E-state index in [4.69, 9.17) is 5.84 Å². The molecular formula is C11H17N5O. The Balaban J connectivity index is 2.09. The van der Waals surface area contributed by atoms with E-state index in [1.165, 1.54) is 12.4 Å². The number of likely N-dealkylation sites (tertiary alicyclic amines) is 1. The molecule has 17 heavy (non-hydrogen) atoms. The predicted molar refractivity (Wildman–Crippen MR) is 64.1 cm³/mol. The van der Waals surface area contributed by atoms with Crippen molar-refractivity contribution in [2.75, 3.05) is 18.5 Å². The lowest BCUT2D eigenvalue weighted by atomic mass is 10.0. The highest BCUT2D eigenvalue weighted by atomic mass is 16.2. The van der Waals surface area contributed by atoms with E-state index in [0.717, 1.165) is 13.1 Å². The molecule has 2 unspecified atom stereocenters.